The zero-order chi connectivity index (χ0) is 13.1. The second kappa shape index (κ2) is 5.68. The van der Waals surface area contributed by atoms with E-state index >= 15 is 0 Å². The van der Waals surface area contributed by atoms with Crippen LogP contribution in [-0.2, 0) is 11.3 Å². The second-order valence-corrected chi connectivity index (χ2v) is 5.28. The molecule has 0 aliphatic carbocycles. The molecule has 1 aliphatic rings. The summed E-state index contributed by atoms with van der Waals surface area (Å²) in [6, 6.07) is 8.41. The summed E-state index contributed by atoms with van der Waals surface area (Å²) >= 11 is 0. The van der Waals surface area contributed by atoms with E-state index < -0.39 is 0 Å². The highest BCUT2D eigenvalue weighted by molar-refractivity contribution is 5.84. The second-order valence-electron chi connectivity index (χ2n) is 5.28. The Kier molecular flexibility index (Phi) is 3.76. The van der Waals surface area contributed by atoms with Gasteiger partial charge in [0.15, 0.2) is 0 Å². The summed E-state index contributed by atoms with van der Waals surface area (Å²) in [6.07, 6.45) is 5.44. The maximum Gasteiger partial charge on any atom is 0.0588 e. The number of hydrogen-bond donors (Lipinski definition) is 1. The molecule has 1 aromatic heterocycles. The van der Waals surface area contributed by atoms with Gasteiger partial charge in [0.2, 0.25) is 0 Å². The van der Waals surface area contributed by atoms with Crippen molar-refractivity contribution in [2.75, 3.05) is 13.2 Å². The number of benzene rings is 1. The Morgan fingerprint density at radius 3 is 3.05 bits per heavy atom. The van der Waals surface area contributed by atoms with E-state index in [0.717, 1.165) is 19.7 Å². The van der Waals surface area contributed by atoms with Crippen molar-refractivity contribution in [3.63, 3.8) is 0 Å². The van der Waals surface area contributed by atoms with Gasteiger partial charge in [-0.1, -0.05) is 24.3 Å². The molecule has 3 heteroatoms. The normalized spacial score (nSPS) is 23.0. The van der Waals surface area contributed by atoms with Gasteiger partial charge in [-0.05, 0) is 30.2 Å². The van der Waals surface area contributed by atoms with Crippen LogP contribution in [0.1, 0.15) is 18.9 Å². The first-order valence-corrected chi connectivity index (χ1v) is 6.98. The highest BCUT2D eigenvalue weighted by atomic mass is 16.5. The Balaban J connectivity index is 1.65. The fourth-order valence-corrected chi connectivity index (χ4v) is 2.76. The largest absolute Gasteiger partial charge is 0.378 e. The van der Waals surface area contributed by atoms with E-state index in [-0.39, 0.29) is 0 Å². The summed E-state index contributed by atoms with van der Waals surface area (Å²) in [4.78, 5) is 4.31. The van der Waals surface area contributed by atoms with Crippen LogP contribution in [0.2, 0.25) is 0 Å². The van der Waals surface area contributed by atoms with Crippen molar-refractivity contribution in [1.29, 1.82) is 0 Å². The maximum absolute atomic E-state index is 5.59. The van der Waals surface area contributed by atoms with Crippen LogP contribution in [0.3, 0.4) is 0 Å². The number of nitrogens with one attached hydrogen (secondary N) is 1. The lowest BCUT2D eigenvalue weighted by Gasteiger charge is -2.15. The van der Waals surface area contributed by atoms with Crippen molar-refractivity contribution in [3.05, 3.63) is 42.2 Å². The summed E-state index contributed by atoms with van der Waals surface area (Å²) < 4.78 is 5.59. The molecule has 0 bridgehead atoms. The van der Waals surface area contributed by atoms with Gasteiger partial charge in [0, 0.05) is 37.5 Å². The van der Waals surface area contributed by atoms with Crippen LogP contribution >= 0.6 is 0 Å². The lowest BCUT2D eigenvalue weighted by molar-refractivity contribution is 0.105. The van der Waals surface area contributed by atoms with Gasteiger partial charge in [-0.15, -0.1) is 0 Å². The summed E-state index contributed by atoms with van der Waals surface area (Å²) in [5.74, 6) is 0.642. The summed E-state index contributed by atoms with van der Waals surface area (Å²) in [5, 5.41) is 6.05. The Bertz CT molecular complexity index is 550. The lowest BCUT2D eigenvalue weighted by Crippen LogP contribution is -2.26. The van der Waals surface area contributed by atoms with Crippen molar-refractivity contribution in [2.24, 2.45) is 5.92 Å². The molecular weight excluding hydrogens is 236 g/mol. The van der Waals surface area contributed by atoms with E-state index in [1.165, 1.54) is 22.8 Å². The molecule has 2 aromatic rings. The molecule has 0 saturated carbocycles. The standard InChI is InChI=1S/C16H20N2O/c1-12-13(6-7-19-12)8-17-10-15-11-18-9-14-4-2-3-5-16(14)15/h2-5,9,11-13,17H,6-8,10H2,1H3. The van der Waals surface area contributed by atoms with Crippen molar-refractivity contribution < 1.29 is 4.74 Å². The van der Waals surface area contributed by atoms with Gasteiger partial charge in [-0.25, -0.2) is 0 Å². The van der Waals surface area contributed by atoms with E-state index in [0.29, 0.717) is 12.0 Å². The van der Waals surface area contributed by atoms with Crippen molar-refractivity contribution in [2.45, 2.75) is 26.0 Å². The monoisotopic (exact) mass is 256 g/mol. The van der Waals surface area contributed by atoms with Crippen molar-refractivity contribution in [1.82, 2.24) is 10.3 Å². The molecular formula is C16H20N2O. The van der Waals surface area contributed by atoms with Gasteiger partial charge in [0.05, 0.1) is 6.10 Å². The third-order valence-corrected chi connectivity index (χ3v) is 4.01. The van der Waals surface area contributed by atoms with Crippen LogP contribution in [-0.4, -0.2) is 24.2 Å². The number of pyridine rings is 1. The minimum atomic E-state index is 0.387. The predicted molar refractivity (Wildman–Crippen MR) is 77.0 cm³/mol. The number of hydrogen-bond acceptors (Lipinski definition) is 3. The Hall–Kier alpha value is -1.45. The first-order chi connectivity index (χ1) is 9.34. The van der Waals surface area contributed by atoms with E-state index in [4.69, 9.17) is 4.74 Å². The van der Waals surface area contributed by atoms with Crippen LogP contribution in [0.15, 0.2) is 36.7 Å². The minimum Gasteiger partial charge on any atom is -0.378 e. The van der Waals surface area contributed by atoms with Gasteiger partial charge < -0.3 is 10.1 Å². The van der Waals surface area contributed by atoms with E-state index in [1.54, 1.807) is 0 Å². The van der Waals surface area contributed by atoms with Crippen LogP contribution in [0, 0.1) is 5.92 Å². The average Bonchev–Trinajstić information content (AvgIpc) is 2.85. The zero-order valence-corrected chi connectivity index (χ0v) is 11.3. The number of aromatic nitrogens is 1. The molecule has 2 unspecified atom stereocenters. The first-order valence-electron chi connectivity index (χ1n) is 6.98. The highest BCUT2D eigenvalue weighted by Gasteiger charge is 2.23. The average molecular weight is 256 g/mol. The molecule has 100 valence electrons. The van der Waals surface area contributed by atoms with E-state index in [2.05, 4.69) is 41.5 Å². The Morgan fingerprint density at radius 2 is 2.21 bits per heavy atom. The molecule has 1 fully saturated rings. The van der Waals surface area contributed by atoms with Gasteiger partial charge in [0.25, 0.3) is 0 Å². The van der Waals surface area contributed by atoms with Crippen LogP contribution < -0.4 is 5.32 Å². The van der Waals surface area contributed by atoms with Gasteiger partial charge in [-0.2, -0.15) is 0 Å². The van der Waals surface area contributed by atoms with Gasteiger partial charge in [0.1, 0.15) is 0 Å². The predicted octanol–water partition coefficient (Wildman–Crippen LogP) is 2.75. The van der Waals surface area contributed by atoms with Crippen molar-refractivity contribution in [3.8, 4) is 0 Å². The van der Waals surface area contributed by atoms with E-state index in [9.17, 15) is 0 Å². The fraction of sp³-hybridized carbons (Fsp3) is 0.438. The molecule has 0 radical (unpaired) electrons. The van der Waals surface area contributed by atoms with Crippen LogP contribution in [0.4, 0.5) is 0 Å². The number of ether oxygens (including phenoxy) is 1. The van der Waals surface area contributed by atoms with Crippen molar-refractivity contribution >= 4 is 10.8 Å². The van der Waals surface area contributed by atoms with Gasteiger partial charge >= 0.3 is 0 Å². The van der Waals surface area contributed by atoms with Gasteiger partial charge in [-0.3, -0.25) is 4.98 Å². The highest BCUT2D eigenvalue weighted by Crippen LogP contribution is 2.20. The quantitative estimate of drug-likeness (QED) is 0.913. The molecule has 1 aromatic carbocycles. The fourth-order valence-electron chi connectivity index (χ4n) is 2.76. The first kappa shape index (κ1) is 12.6. The molecule has 19 heavy (non-hydrogen) atoms. The lowest BCUT2D eigenvalue weighted by atomic mass is 10.0. The smallest absolute Gasteiger partial charge is 0.0588 e. The maximum atomic E-state index is 5.59. The van der Waals surface area contributed by atoms with Crippen LogP contribution in [0.25, 0.3) is 10.8 Å². The number of rotatable bonds is 4. The molecule has 2 atom stereocenters. The molecule has 1 aliphatic heterocycles. The molecule has 0 amide bonds. The molecule has 1 saturated heterocycles. The topological polar surface area (TPSA) is 34.1 Å². The molecule has 1 N–H and O–H groups in total. The molecule has 3 nitrogen and oxygen atoms in total. The van der Waals surface area contributed by atoms with Crippen LogP contribution in [0.5, 0.6) is 0 Å². The number of fused-ring (bicyclic) bond motifs is 1. The third kappa shape index (κ3) is 2.77. The molecule has 3 rings (SSSR count). The Morgan fingerprint density at radius 1 is 1.32 bits per heavy atom. The third-order valence-electron chi connectivity index (χ3n) is 4.01. The zero-order valence-electron chi connectivity index (χ0n) is 11.3. The summed E-state index contributed by atoms with van der Waals surface area (Å²) in [6.45, 7) is 4.96. The van der Waals surface area contributed by atoms with E-state index in [1.807, 2.05) is 12.4 Å². The molecule has 0 spiro atoms. The SMILES string of the molecule is CC1OCCC1CNCc1cncc2ccccc12. The Labute approximate surface area is 114 Å². The molecule has 2 heterocycles. The summed E-state index contributed by atoms with van der Waals surface area (Å²) in [5.41, 5.74) is 1.27. The minimum absolute atomic E-state index is 0.387. The number of nitrogens with zero attached hydrogens (tertiary/aromatic N) is 1. The summed E-state index contributed by atoms with van der Waals surface area (Å²) in [7, 11) is 0.